The Labute approximate surface area is 172 Å². The highest BCUT2D eigenvalue weighted by Gasteiger charge is 2.13. The van der Waals surface area contributed by atoms with Gasteiger partial charge in [-0.25, -0.2) is 4.79 Å². The number of esters is 1. The molecule has 0 aliphatic rings. The summed E-state index contributed by atoms with van der Waals surface area (Å²) in [4.78, 5) is 22.7. The van der Waals surface area contributed by atoms with E-state index in [1.54, 1.807) is 24.3 Å². The van der Waals surface area contributed by atoms with Crippen molar-refractivity contribution in [3.05, 3.63) is 57.3 Å². The summed E-state index contributed by atoms with van der Waals surface area (Å²) in [5.74, 6) is -1.55. The van der Waals surface area contributed by atoms with Gasteiger partial charge in [0.1, 0.15) is 0 Å². The molecule has 0 aliphatic carbocycles. The normalized spacial score (nSPS) is 12.9. The van der Waals surface area contributed by atoms with Crippen LogP contribution in [0.2, 0.25) is 0 Å². The van der Waals surface area contributed by atoms with Crippen molar-refractivity contribution in [1.29, 1.82) is 0 Å². The average molecular weight is 405 g/mol. The predicted molar refractivity (Wildman–Crippen MR) is 116 cm³/mol. The molecule has 0 aliphatic heterocycles. The first-order valence-electron chi connectivity index (χ1n) is 9.82. The van der Waals surface area contributed by atoms with E-state index >= 15 is 0 Å². The minimum atomic E-state index is -1.02. The van der Waals surface area contributed by atoms with Crippen molar-refractivity contribution < 1.29 is 19.4 Å². The Hall–Kier alpha value is -2.14. The number of hydrogen-bond acceptors (Lipinski definition) is 4. The molecule has 1 rings (SSSR count). The summed E-state index contributed by atoms with van der Waals surface area (Å²) in [7, 11) is 0. The topological polar surface area (TPSA) is 63.6 Å². The molecule has 5 heteroatoms. The molecule has 1 heterocycles. The molecule has 4 nitrogen and oxygen atoms in total. The van der Waals surface area contributed by atoms with E-state index in [9.17, 15) is 9.59 Å². The third-order valence-electron chi connectivity index (χ3n) is 4.35. The van der Waals surface area contributed by atoms with Crippen LogP contribution in [0.1, 0.15) is 64.9 Å². The second kappa shape index (κ2) is 13.9. The second-order valence-corrected chi connectivity index (χ2v) is 7.65. The molecular formula is C23H32O4S. The summed E-state index contributed by atoms with van der Waals surface area (Å²) in [5.41, 5.74) is 4.29. The van der Waals surface area contributed by atoms with Gasteiger partial charge >= 0.3 is 11.9 Å². The molecule has 0 atom stereocenters. The number of aryl methyl sites for hydroxylation is 1. The molecule has 1 N–H and O–H groups in total. The Balaban J connectivity index is 2.37. The molecule has 28 heavy (non-hydrogen) atoms. The van der Waals surface area contributed by atoms with E-state index in [1.165, 1.54) is 16.7 Å². The molecule has 0 amide bonds. The van der Waals surface area contributed by atoms with E-state index in [2.05, 4.69) is 42.8 Å². The Morgan fingerprint density at radius 3 is 2.29 bits per heavy atom. The molecule has 0 spiro atoms. The van der Waals surface area contributed by atoms with Crippen LogP contribution in [-0.2, 0) is 20.7 Å². The summed E-state index contributed by atoms with van der Waals surface area (Å²) in [5, 5.41) is 13.2. The van der Waals surface area contributed by atoms with Crippen molar-refractivity contribution in [3.8, 4) is 0 Å². The second-order valence-electron chi connectivity index (χ2n) is 6.87. The van der Waals surface area contributed by atoms with Crippen molar-refractivity contribution in [1.82, 2.24) is 0 Å². The van der Waals surface area contributed by atoms with E-state index in [4.69, 9.17) is 9.84 Å². The van der Waals surface area contributed by atoms with Crippen LogP contribution in [0.5, 0.6) is 0 Å². The van der Waals surface area contributed by atoms with Gasteiger partial charge in [-0.05, 0) is 81.7 Å². The van der Waals surface area contributed by atoms with E-state index < -0.39 is 11.9 Å². The molecular weight excluding hydrogens is 372 g/mol. The fourth-order valence-corrected chi connectivity index (χ4v) is 3.46. The van der Waals surface area contributed by atoms with Gasteiger partial charge in [-0.15, -0.1) is 0 Å². The highest BCUT2D eigenvalue weighted by molar-refractivity contribution is 7.07. The quantitative estimate of drug-likeness (QED) is 0.245. The molecule has 0 fully saturated rings. The van der Waals surface area contributed by atoms with Crippen LogP contribution in [0.3, 0.4) is 0 Å². The number of rotatable bonds is 13. The zero-order chi connectivity index (χ0) is 20.8. The first-order valence-corrected chi connectivity index (χ1v) is 10.8. The lowest BCUT2D eigenvalue weighted by Gasteiger charge is -2.05. The van der Waals surface area contributed by atoms with E-state index in [-0.39, 0.29) is 18.6 Å². The minimum absolute atomic E-state index is 0.228. The first kappa shape index (κ1) is 23.9. The largest absolute Gasteiger partial charge is 0.481 e. The zero-order valence-electron chi connectivity index (χ0n) is 17.2. The molecule has 0 aromatic carbocycles. The Morgan fingerprint density at radius 2 is 1.71 bits per heavy atom. The number of allylic oxidation sites excluding steroid dienone is 5. The summed E-state index contributed by atoms with van der Waals surface area (Å²) in [6.45, 7) is 6.21. The average Bonchev–Trinajstić information content (AvgIpc) is 3.14. The van der Waals surface area contributed by atoms with Gasteiger partial charge in [0.2, 0.25) is 0 Å². The lowest BCUT2D eigenvalue weighted by Crippen LogP contribution is -2.11. The summed E-state index contributed by atoms with van der Waals surface area (Å²) in [6.07, 6.45) is 11.6. The van der Waals surface area contributed by atoms with E-state index in [0.29, 0.717) is 6.42 Å². The molecule has 154 valence electrons. The fourth-order valence-electron chi connectivity index (χ4n) is 2.76. The standard InChI is InChI=1S/C23H32O4S/c1-4-27-23(26)21(16-22(24)25)13-7-11-19(3)9-5-8-18(2)10-6-12-20-14-15-28-17-20/h9-10,13-15,17H,4-8,11-12,16H2,1-3H3,(H,24,25)/b18-10+,19-9+,21-13-. The van der Waals surface area contributed by atoms with Gasteiger partial charge in [-0.3, -0.25) is 4.79 Å². The van der Waals surface area contributed by atoms with Crippen molar-refractivity contribution in [2.75, 3.05) is 6.61 Å². The van der Waals surface area contributed by atoms with Gasteiger partial charge in [0.15, 0.2) is 0 Å². The first-order chi connectivity index (χ1) is 13.4. The lowest BCUT2D eigenvalue weighted by atomic mass is 10.0. The molecule has 0 bridgehead atoms. The molecule has 0 radical (unpaired) electrons. The van der Waals surface area contributed by atoms with Crippen LogP contribution in [-0.4, -0.2) is 23.7 Å². The molecule has 0 saturated carbocycles. The van der Waals surface area contributed by atoms with Crippen molar-refractivity contribution in [3.63, 3.8) is 0 Å². The minimum Gasteiger partial charge on any atom is -0.481 e. The number of aliphatic carboxylic acids is 1. The van der Waals surface area contributed by atoms with E-state index in [1.807, 2.05) is 0 Å². The number of carboxylic acid groups (broad SMARTS) is 1. The summed E-state index contributed by atoms with van der Waals surface area (Å²) < 4.78 is 4.92. The zero-order valence-corrected chi connectivity index (χ0v) is 18.0. The van der Waals surface area contributed by atoms with Gasteiger partial charge in [-0.2, -0.15) is 11.3 Å². The van der Waals surface area contributed by atoms with Crippen LogP contribution in [0.4, 0.5) is 0 Å². The Kier molecular flexibility index (Phi) is 11.9. The van der Waals surface area contributed by atoms with Crippen molar-refractivity contribution >= 4 is 23.3 Å². The monoisotopic (exact) mass is 404 g/mol. The van der Waals surface area contributed by atoms with Crippen molar-refractivity contribution in [2.24, 2.45) is 0 Å². The maximum absolute atomic E-state index is 11.8. The molecule has 1 aromatic heterocycles. The fraction of sp³-hybridized carbons (Fsp3) is 0.478. The Bertz CT molecular complexity index is 696. The van der Waals surface area contributed by atoms with Crippen LogP contribution < -0.4 is 0 Å². The van der Waals surface area contributed by atoms with Crippen LogP contribution in [0, 0.1) is 0 Å². The maximum Gasteiger partial charge on any atom is 0.334 e. The number of thiophene rings is 1. The van der Waals surface area contributed by atoms with Gasteiger partial charge in [-0.1, -0.05) is 29.4 Å². The third-order valence-corrected chi connectivity index (χ3v) is 5.08. The number of carbonyl (C=O) groups excluding carboxylic acids is 1. The van der Waals surface area contributed by atoms with E-state index in [0.717, 1.165) is 32.1 Å². The summed E-state index contributed by atoms with van der Waals surface area (Å²) >= 11 is 1.74. The smallest absolute Gasteiger partial charge is 0.334 e. The highest BCUT2D eigenvalue weighted by Crippen LogP contribution is 2.15. The summed E-state index contributed by atoms with van der Waals surface area (Å²) in [6, 6.07) is 2.18. The van der Waals surface area contributed by atoms with Crippen LogP contribution in [0.15, 0.2) is 51.8 Å². The number of carbonyl (C=O) groups is 2. The highest BCUT2D eigenvalue weighted by atomic mass is 32.1. The number of ether oxygens (including phenoxy) is 1. The van der Waals surface area contributed by atoms with Gasteiger partial charge in [0, 0.05) is 5.57 Å². The molecule has 0 saturated heterocycles. The van der Waals surface area contributed by atoms with Crippen LogP contribution in [0.25, 0.3) is 0 Å². The van der Waals surface area contributed by atoms with Gasteiger partial charge in [0.05, 0.1) is 13.0 Å². The number of hydrogen-bond donors (Lipinski definition) is 1. The Morgan fingerprint density at radius 1 is 1.07 bits per heavy atom. The SMILES string of the molecule is CCOC(=O)/C(=C\CC/C(C)=C/CC/C(C)=C/CCc1ccsc1)CC(=O)O. The molecule has 1 aromatic rings. The predicted octanol–water partition coefficient (Wildman–Crippen LogP) is 6.10. The van der Waals surface area contributed by atoms with Crippen molar-refractivity contribution in [2.45, 2.75) is 65.7 Å². The maximum atomic E-state index is 11.8. The molecule has 0 unspecified atom stereocenters. The lowest BCUT2D eigenvalue weighted by molar-refractivity contribution is -0.142. The van der Waals surface area contributed by atoms with Gasteiger partial charge < -0.3 is 9.84 Å². The van der Waals surface area contributed by atoms with Gasteiger partial charge in [0.25, 0.3) is 0 Å². The van der Waals surface area contributed by atoms with Crippen LogP contribution >= 0.6 is 11.3 Å². The third kappa shape index (κ3) is 10.9. The number of carboxylic acids is 1.